The molecule has 0 N–H and O–H groups in total. The fourth-order valence-corrected chi connectivity index (χ4v) is 3.32. The fourth-order valence-electron chi connectivity index (χ4n) is 2.66. The molecule has 2 heterocycles. The van der Waals surface area contributed by atoms with Crippen molar-refractivity contribution < 1.29 is 17.3 Å². The van der Waals surface area contributed by atoms with Gasteiger partial charge in [0.2, 0.25) is 0 Å². The molecule has 1 aliphatic heterocycles. The highest BCUT2D eigenvalue weighted by atomic mass is 32.2. The molecule has 6 heteroatoms. The van der Waals surface area contributed by atoms with Gasteiger partial charge in [0.25, 0.3) is 10.1 Å². The van der Waals surface area contributed by atoms with Gasteiger partial charge in [-0.05, 0) is 25.0 Å². The lowest BCUT2D eigenvalue weighted by atomic mass is 10.0. The smallest absolute Gasteiger partial charge is 0.264 e. The molecule has 1 saturated carbocycles. The molecular weight excluding hydrogens is 242 g/mol. The number of pyridine rings is 1. The number of hydrogen-bond acceptors (Lipinski definition) is 5. The Hall–Kier alpha value is -1.14. The van der Waals surface area contributed by atoms with Gasteiger partial charge in [0, 0.05) is 6.20 Å². The lowest BCUT2D eigenvalue weighted by Crippen LogP contribution is -2.24. The fraction of sp³-hybridized carbons (Fsp3) is 0.545. The van der Waals surface area contributed by atoms with Crippen LogP contribution in [0.4, 0.5) is 0 Å². The maximum atomic E-state index is 11.2. The summed E-state index contributed by atoms with van der Waals surface area (Å²) in [6, 6.07) is 3.67. The van der Waals surface area contributed by atoms with E-state index in [1.165, 1.54) is 0 Å². The van der Waals surface area contributed by atoms with Crippen molar-refractivity contribution in [3.05, 3.63) is 24.0 Å². The summed E-state index contributed by atoms with van der Waals surface area (Å²) in [5.74, 6) is 0.699. The van der Waals surface area contributed by atoms with Gasteiger partial charge in [0.1, 0.15) is 11.9 Å². The minimum Gasteiger partial charge on any atom is -0.488 e. The predicted molar refractivity (Wildman–Crippen MR) is 60.3 cm³/mol. The van der Waals surface area contributed by atoms with Crippen molar-refractivity contribution in [2.24, 2.45) is 0 Å². The van der Waals surface area contributed by atoms with Crippen LogP contribution in [0.2, 0.25) is 0 Å². The Kier molecular flexibility index (Phi) is 2.38. The van der Waals surface area contributed by atoms with Crippen LogP contribution < -0.4 is 4.74 Å². The Morgan fingerprint density at radius 1 is 1.47 bits per heavy atom. The van der Waals surface area contributed by atoms with E-state index < -0.39 is 10.1 Å². The summed E-state index contributed by atoms with van der Waals surface area (Å²) in [6.07, 6.45) is 3.94. The van der Waals surface area contributed by atoms with E-state index in [4.69, 9.17) is 8.92 Å². The van der Waals surface area contributed by atoms with E-state index in [1.807, 2.05) is 12.1 Å². The third kappa shape index (κ3) is 1.91. The Morgan fingerprint density at radius 2 is 2.29 bits per heavy atom. The van der Waals surface area contributed by atoms with Gasteiger partial charge in [-0.2, -0.15) is 8.42 Å². The summed E-state index contributed by atoms with van der Waals surface area (Å²) in [6.45, 7) is 0. The summed E-state index contributed by atoms with van der Waals surface area (Å²) in [5.41, 5.74) is 0.823. The molecule has 1 aromatic rings. The molecular formula is C11H13NO4S. The number of fused-ring (bicyclic) bond motifs is 3. The number of nitrogens with zero attached hydrogens (tertiary/aromatic N) is 1. The van der Waals surface area contributed by atoms with Crippen molar-refractivity contribution in [3.8, 4) is 5.75 Å². The van der Waals surface area contributed by atoms with Gasteiger partial charge in [0.05, 0.1) is 24.0 Å². The molecule has 17 heavy (non-hydrogen) atoms. The van der Waals surface area contributed by atoms with Crippen molar-refractivity contribution >= 4 is 10.1 Å². The number of hydrogen-bond donors (Lipinski definition) is 0. The van der Waals surface area contributed by atoms with Gasteiger partial charge in [-0.1, -0.05) is 0 Å². The van der Waals surface area contributed by atoms with E-state index in [-0.39, 0.29) is 18.1 Å². The van der Waals surface area contributed by atoms with Crippen LogP contribution in [0.1, 0.15) is 24.5 Å². The largest absolute Gasteiger partial charge is 0.488 e. The zero-order valence-corrected chi connectivity index (χ0v) is 10.2. The molecule has 0 amide bonds. The van der Waals surface area contributed by atoms with Gasteiger partial charge in [-0.3, -0.25) is 9.17 Å². The van der Waals surface area contributed by atoms with Crippen LogP contribution in [-0.4, -0.2) is 31.9 Å². The number of ether oxygens (including phenoxy) is 1. The lowest BCUT2D eigenvalue weighted by molar-refractivity contribution is 0.168. The van der Waals surface area contributed by atoms with E-state index in [9.17, 15) is 8.42 Å². The summed E-state index contributed by atoms with van der Waals surface area (Å²) >= 11 is 0. The van der Waals surface area contributed by atoms with Gasteiger partial charge >= 0.3 is 0 Å². The summed E-state index contributed by atoms with van der Waals surface area (Å²) < 4.78 is 33.3. The van der Waals surface area contributed by atoms with Crippen LogP contribution >= 0.6 is 0 Å². The average molecular weight is 255 g/mol. The summed E-state index contributed by atoms with van der Waals surface area (Å²) in [7, 11) is -3.43. The minimum atomic E-state index is -3.43. The molecule has 0 aromatic carbocycles. The third-order valence-electron chi connectivity index (χ3n) is 3.23. The molecule has 0 saturated heterocycles. The first-order valence-corrected chi connectivity index (χ1v) is 7.36. The standard InChI is InChI=1S/C11H13NO4S/c1-17(13,14)16-8-5-4-7-10(8)11-9(15-7)3-2-6-12-11/h2-3,6-8,10H,4-5H2,1H3. The Bertz CT molecular complexity index is 542. The van der Waals surface area contributed by atoms with Crippen LogP contribution in [-0.2, 0) is 14.3 Å². The quantitative estimate of drug-likeness (QED) is 0.739. The number of aromatic nitrogens is 1. The first-order chi connectivity index (χ1) is 8.04. The molecule has 1 aliphatic carbocycles. The molecule has 3 rings (SSSR count). The molecule has 0 spiro atoms. The third-order valence-corrected chi connectivity index (χ3v) is 3.83. The van der Waals surface area contributed by atoms with Crippen molar-refractivity contribution in [1.29, 1.82) is 0 Å². The topological polar surface area (TPSA) is 65.5 Å². The Balaban J connectivity index is 1.92. The van der Waals surface area contributed by atoms with Gasteiger partial charge in [-0.25, -0.2) is 0 Å². The van der Waals surface area contributed by atoms with Crippen LogP contribution in [0.5, 0.6) is 5.75 Å². The summed E-state index contributed by atoms with van der Waals surface area (Å²) in [4.78, 5) is 4.28. The molecule has 0 radical (unpaired) electrons. The van der Waals surface area contributed by atoms with E-state index in [0.717, 1.165) is 24.1 Å². The maximum absolute atomic E-state index is 11.2. The zero-order valence-electron chi connectivity index (χ0n) is 9.37. The zero-order chi connectivity index (χ0) is 12.0. The highest BCUT2D eigenvalue weighted by Crippen LogP contribution is 2.47. The molecule has 1 fully saturated rings. The van der Waals surface area contributed by atoms with E-state index in [1.54, 1.807) is 6.20 Å². The number of rotatable bonds is 2. The van der Waals surface area contributed by atoms with Crippen molar-refractivity contribution in [2.75, 3.05) is 6.26 Å². The Labute approximate surface area is 99.9 Å². The van der Waals surface area contributed by atoms with Crippen molar-refractivity contribution in [1.82, 2.24) is 4.98 Å². The van der Waals surface area contributed by atoms with Crippen LogP contribution in [0.25, 0.3) is 0 Å². The van der Waals surface area contributed by atoms with E-state index in [2.05, 4.69) is 4.98 Å². The first kappa shape index (κ1) is 11.0. The molecule has 1 aromatic heterocycles. The second-order valence-electron chi connectivity index (χ2n) is 4.49. The van der Waals surface area contributed by atoms with Gasteiger partial charge < -0.3 is 4.74 Å². The molecule has 2 aliphatic rings. The lowest BCUT2D eigenvalue weighted by Gasteiger charge is -2.16. The molecule has 3 atom stereocenters. The predicted octanol–water partition coefficient (Wildman–Crippen LogP) is 1.06. The van der Waals surface area contributed by atoms with Crippen LogP contribution in [0.15, 0.2) is 18.3 Å². The van der Waals surface area contributed by atoms with E-state index >= 15 is 0 Å². The first-order valence-electron chi connectivity index (χ1n) is 5.54. The maximum Gasteiger partial charge on any atom is 0.264 e. The monoisotopic (exact) mass is 255 g/mol. The molecule has 0 bridgehead atoms. The molecule has 3 unspecified atom stereocenters. The highest BCUT2D eigenvalue weighted by Gasteiger charge is 2.47. The summed E-state index contributed by atoms with van der Waals surface area (Å²) in [5, 5.41) is 0. The SMILES string of the molecule is CS(=O)(=O)OC1CCC2Oc3cccnc3C21. The Morgan fingerprint density at radius 3 is 3.06 bits per heavy atom. The second-order valence-corrected chi connectivity index (χ2v) is 6.09. The van der Waals surface area contributed by atoms with Gasteiger partial charge in [-0.15, -0.1) is 0 Å². The van der Waals surface area contributed by atoms with Crippen molar-refractivity contribution in [3.63, 3.8) is 0 Å². The molecule has 92 valence electrons. The average Bonchev–Trinajstić information content (AvgIpc) is 2.76. The highest BCUT2D eigenvalue weighted by molar-refractivity contribution is 7.86. The van der Waals surface area contributed by atoms with Gasteiger partial charge in [0.15, 0.2) is 0 Å². The van der Waals surface area contributed by atoms with Crippen molar-refractivity contribution in [2.45, 2.75) is 31.0 Å². The molecule has 5 nitrogen and oxygen atoms in total. The normalized spacial score (nSPS) is 30.8. The minimum absolute atomic E-state index is 0.00616. The van der Waals surface area contributed by atoms with Crippen LogP contribution in [0, 0.1) is 0 Å². The second kappa shape index (κ2) is 3.68. The van der Waals surface area contributed by atoms with E-state index in [0.29, 0.717) is 6.42 Å². The van der Waals surface area contributed by atoms with Crippen LogP contribution in [0.3, 0.4) is 0 Å².